The molecule has 19 heavy (non-hydrogen) atoms. The van der Waals surface area contributed by atoms with Crippen LogP contribution in [0.15, 0.2) is 18.2 Å². The van der Waals surface area contributed by atoms with Gasteiger partial charge in [0.2, 0.25) is 0 Å². The molecule has 1 aromatic rings. The van der Waals surface area contributed by atoms with Gasteiger partial charge in [0.1, 0.15) is 0 Å². The molecule has 106 valence electrons. The molecular weight excluding hydrogens is 285 g/mol. The zero-order chi connectivity index (χ0) is 14.6. The summed E-state index contributed by atoms with van der Waals surface area (Å²) in [6.45, 7) is 6.74. The van der Waals surface area contributed by atoms with Crippen LogP contribution in [0.1, 0.15) is 32.4 Å². The number of hydrogen-bond acceptors (Lipinski definition) is 2. The lowest BCUT2D eigenvalue weighted by Gasteiger charge is -2.30. The van der Waals surface area contributed by atoms with E-state index >= 15 is 0 Å². The molecule has 0 saturated carbocycles. The summed E-state index contributed by atoms with van der Waals surface area (Å²) in [5.74, 6) is -0.467. The van der Waals surface area contributed by atoms with Gasteiger partial charge in [-0.1, -0.05) is 49.2 Å². The first-order valence-corrected chi connectivity index (χ1v) is 6.98. The summed E-state index contributed by atoms with van der Waals surface area (Å²) in [5.41, 5.74) is 0.857. The molecule has 3 nitrogen and oxygen atoms in total. The van der Waals surface area contributed by atoms with Crippen LogP contribution in [0.5, 0.6) is 0 Å². The van der Waals surface area contributed by atoms with Crippen molar-refractivity contribution in [3.05, 3.63) is 33.8 Å². The summed E-state index contributed by atoms with van der Waals surface area (Å²) in [4.78, 5) is 12.9. The summed E-state index contributed by atoms with van der Waals surface area (Å²) in [5, 5.41) is 10.0. The second-order valence-corrected chi connectivity index (χ2v) is 5.82. The first-order chi connectivity index (χ1) is 8.82. The Balaban J connectivity index is 3.00. The normalized spacial score (nSPS) is 13.0. The van der Waals surface area contributed by atoms with Crippen LogP contribution < -0.4 is 0 Å². The third kappa shape index (κ3) is 4.68. The first kappa shape index (κ1) is 16.3. The van der Waals surface area contributed by atoms with Gasteiger partial charge < -0.3 is 5.11 Å². The van der Waals surface area contributed by atoms with Crippen molar-refractivity contribution in [3.8, 4) is 0 Å². The number of carboxylic acids is 1. The van der Waals surface area contributed by atoms with E-state index in [9.17, 15) is 4.79 Å². The van der Waals surface area contributed by atoms with Gasteiger partial charge in [0, 0.05) is 12.6 Å². The van der Waals surface area contributed by atoms with Crippen molar-refractivity contribution in [1.82, 2.24) is 4.90 Å². The predicted octanol–water partition coefficient (Wildman–Crippen LogP) is 4.10. The largest absolute Gasteiger partial charge is 0.480 e. The number of nitrogens with zero attached hydrogens (tertiary/aromatic N) is 1. The topological polar surface area (TPSA) is 40.5 Å². The number of aliphatic carboxylic acids is 1. The number of halogens is 2. The second kappa shape index (κ2) is 7.13. The maximum atomic E-state index is 11.0. The molecule has 0 aliphatic rings. The van der Waals surface area contributed by atoms with Gasteiger partial charge in [-0.15, -0.1) is 0 Å². The lowest BCUT2D eigenvalue weighted by atomic mass is 10.1. The van der Waals surface area contributed by atoms with E-state index in [0.717, 1.165) is 5.56 Å². The van der Waals surface area contributed by atoms with Crippen molar-refractivity contribution in [2.24, 2.45) is 5.92 Å². The fourth-order valence-electron chi connectivity index (χ4n) is 2.04. The smallest absolute Gasteiger partial charge is 0.317 e. The molecule has 0 spiro atoms. The summed E-state index contributed by atoms with van der Waals surface area (Å²) in [7, 11) is 0. The highest BCUT2D eigenvalue weighted by Crippen LogP contribution is 2.32. The molecule has 1 rings (SSSR count). The summed E-state index contributed by atoms with van der Waals surface area (Å²) in [6, 6.07) is 5.34. The molecule has 0 bridgehead atoms. The number of benzene rings is 1. The minimum absolute atomic E-state index is 0.0117. The Morgan fingerprint density at radius 1 is 1.32 bits per heavy atom. The highest BCUT2D eigenvalue weighted by atomic mass is 35.5. The molecule has 1 aromatic carbocycles. The van der Waals surface area contributed by atoms with Gasteiger partial charge in [-0.3, -0.25) is 9.69 Å². The molecule has 0 aliphatic heterocycles. The summed E-state index contributed by atoms with van der Waals surface area (Å²) >= 11 is 12.2. The van der Waals surface area contributed by atoms with Gasteiger partial charge >= 0.3 is 5.97 Å². The predicted molar refractivity (Wildman–Crippen MR) is 78.9 cm³/mol. The fourth-order valence-corrected chi connectivity index (χ4v) is 2.51. The maximum Gasteiger partial charge on any atom is 0.317 e. The number of carbonyl (C=O) groups is 1. The van der Waals surface area contributed by atoms with E-state index in [2.05, 4.69) is 13.8 Å². The van der Waals surface area contributed by atoms with Gasteiger partial charge in [-0.25, -0.2) is 0 Å². The van der Waals surface area contributed by atoms with Crippen LogP contribution in [0, 0.1) is 5.92 Å². The summed E-state index contributed by atoms with van der Waals surface area (Å²) < 4.78 is 0. The van der Waals surface area contributed by atoms with Gasteiger partial charge in [0.05, 0.1) is 16.6 Å². The zero-order valence-electron chi connectivity index (χ0n) is 11.4. The van der Waals surface area contributed by atoms with E-state index in [1.165, 1.54) is 0 Å². The van der Waals surface area contributed by atoms with Gasteiger partial charge in [0.15, 0.2) is 0 Å². The molecule has 0 aromatic heterocycles. The molecule has 1 unspecified atom stereocenters. The lowest BCUT2D eigenvalue weighted by Crippen LogP contribution is -2.35. The average molecular weight is 304 g/mol. The SMILES string of the molecule is CC(C)CN(CC(=O)O)C(C)c1cccc(Cl)c1Cl. The van der Waals surface area contributed by atoms with Crippen molar-refractivity contribution in [3.63, 3.8) is 0 Å². The summed E-state index contributed by atoms with van der Waals surface area (Å²) in [6.07, 6.45) is 0. The second-order valence-electron chi connectivity index (χ2n) is 5.04. The fraction of sp³-hybridized carbons (Fsp3) is 0.500. The quantitative estimate of drug-likeness (QED) is 0.860. The van der Waals surface area contributed by atoms with Crippen LogP contribution >= 0.6 is 23.2 Å². The zero-order valence-corrected chi connectivity index (χ0v) is 12.9. The molecule has 1 N–H and O–H groups in total. The Kier molecular flexibility index (Phi) is 6.11. The van der Waals surface area contributed by atoms with Crippen molar-refractivity contribution >= 4 is 29.2 Å². The first-order valence-electron chi connectivity index (χ1n) is 6.22. The Hall–Kier alpha value is -0.770. The maximum absolute atomic E-state index is 11.0. The minimum atomic E-state index is -0.842. The Morgan fingerprint density at radius 3 is 2.47 bits per heavy atom. The van der Waals surface area contributed by atoms with Crippen molar-refractivity contribution in [1.29, 1.82) is 0 Å². The number of rotatable bonds is 6. The molecule has 0 radical (unpaired) electrons. The van der Waals surface area contributed by atoms with E-state index < -0.39 is 5.97 Å². The molecule has 1 atom stereocenters. The van der Waals surface area contributed by atoms with Crippen molar-refractivity contribution in [2.75, 3.05) is 13.1 Å². The van der Waals surface area contributed by atoms with E-state index in [1.807, 2.05) is 24.0 Å². The van der Waals surface area contributed by atoms with E-state index in [1.54, 1.807) is 6.07 Å². The number of hydrogen-bond donors (Lipinski definition) is 1. The van der Waals surface area contributed by atoms with Crippen LogP contribution in [0.2, 0.25) is 10.0 Å². The monoisotopic (exact) mass is 303 g/mol. The van der Waals surface area contributed by atoms with E-state index in [4.69, 9.17) is 28.3 Å². The molecule has 0 amide bonds. The van der Waals surface area contributed by atoms with Crippen LogP contribution in [0.4, 0.5) is 0 Å². The van der Waals surface area contributed by atoms with Gasteiger partial charge in [0.25, 0.3) is 0 Å². The number of carboxylic acid groups (broad SMARTS) is 1. The van der Waals surface area contributed by atoms with Crippen LogP contribution in [0.25, 0.3) is 0 Å². The highest BCUT2D eigenvalue weighted by molar-refractivity contribution is 6.42. The van der Waals surface area contributed by atoms with Crippen molar-refractivity contribution < 1.29 is 9.90 Å². The Labute approximate surface area is 124 Å². The third-order valence-corrected chi connectivity index (χ3v) is 3.75. The van der Waals surface area contributed by atoms with Gasteiger partial charge in [-0.2, -0.15) is 0 Å². The Morgan fingerprint density at radius 2 is 1.95 bits per heavy atom. The van der Waals surface area contributed by atoms with E-state index in [0.29, 0.717) is 22.5 Å². The molecule has 0 aliphatic carbocycles. The van der Waals surface area contributed by atoms with Gasteiger partial charge in [-0.05, 0) is 24.5 Å². The molecular formula is C14H19Cl2NO2. The van der Waals surface area contributed by atoms with Crippen molar-refractivity contribution in [2.45, 2.75) is 26.8 Å². The van der Waals surface area contributed by atoms with Crippen LogP contribution in [-0.2, 0) is 4.79 Å². The minimum Gasteiger partial charge on any atom is -0.480 e. The van der Waals surface area contributed by atoms with Crippen LogP contribution in [0.3, 0.4) is 0 Å². The van der Waals surface area contributed by atoms with E-state index in [-0.39, 0.29) is 12.6 Å². The van der Waals surface area contributed by atoms with Crippen LogP contribution in [-0.4, -0.2) is 29.1 Å². The Bertz CT molecular complexity index is 449. The lowest BCUT2D eigenvalue weighted by molar-refractivity contribution is -0.139. The molecule has 0 fully saturated rings. The third-order valence-electron chi connectivity index (χ3n) is 2.92. The standard InChI is InChI=1S/C14H19Cl2NO2/c1-9(2)7-17(8-13(18)19)10(3)11-5-4-6-12(15)14(11)16/h4-6,9-10H,7-8H2,1-3H3,(H,18,19). The molecule has 5 heteroatoms. The highest BCUT2D eigenvalue weighted by Gasteiger charge is 2.22. The average Bonchev–Trinajstić information content (AvgIpc) is 2.30. The molecule has 0 heterocycles. The molecule has 0 saturated heterocycles.